The summed E-state index contributed by atoms with van der Waals surface area (Å²) in [6.07, 6.45) is 5.42. The largest absolute Gasteiger partial charge is 0.372 e. The van der Waals surface area contributed by atoms with Crippen LogP contribution < -0.4 is 0 Å². The van der Waals surface area contributed by atoms with Gasteiger partial charge in [0, 0.05) is 0 Å². The molecule has 0 amide bonds. The molecule has 0 radical (unpaired) electrons. The van der Waals surface area contributed by atoms with Crippen LogP contribution in [0.25, 0.3) is 0 Å². The SMILES string of the molecule is CC(CF)OC1CC2CCC1C2. The molecule has 0 N–H and O–H groups in total. The normalized spacial score (nSPS) is 42.0. The van der Waals surface area contributed by atoms with Crippen molar-refractivity contribution in [3.8, 4) is 0 Å². The van der Waals surface area contributed by atoms with Crippen molar-refractivity contribution in [2.24, 2.45) is 11.8 Å². The average molecular weight is 172 g/mol. The van der Waals surface area contributed by atoms with Crippen LogP contribution in [0.4, 0.5) is 4.39 Å². The summed E-state index contributed by atoms with van der Waals surface area (Å²) < 4.78 is 17.8. The van der Waals surface area contributed by atoms with E-state index in [1.807, 2.05) is 6.92 Å². The van der Waals surface area contributed by atoms with Gasteiger partial charge in [0.15, 0.2) is 0 Å². The molecule has 0 spiro atoms. The highest BCUT2D eigenvalue weighted by molar-refractivity contribution is 4.91. The van der Waals surface area contributed by atoms with Crippen molar-refractivity contribution in [3.63, 3.8) is 0 Å². The number of hydrogen-bond donors (Lipinski definition) is 0. The lowest BCUT2D eigenvalue weighted by Gasteiger charge is -2.24. The number of halogens is 1. The van der Waals surface area contributed by atoms with Crippen LogP contribution in [0.15, 0.2) is 0 Å². The fourth-order valence-electron chi connectivity index (χ4n) is 2.69. The zero-order valence-electron chi connectivity index (χ0n) is 7.63. The van der Waals surface area contributed by atoms with E-state index in [2.05, 4.69) is 0 Å². The van der Waals surface area contributed by atoms with E-state index in [0.29, 0.717) is 6.10 Å². The zero-order valence-corrected chi connectivity index (χ0v) is 7.63. The van der Waals surface area contributed by atoms with Gasteiger partial charge in [-0.05, 0) is 44.4 Å². The van der Waals surface area contributed by atoms with E-state index < -0.39 is 0 Å². The van der Waals surface area contributed by atoms with Crippen molar-refractivity contribution in [2.75, 3.05) is 6.67 Å². The lowest BCUT2D eigenvalue weighted by molar-refractivity contribution is -0.0397. The Morgan fingerprint density at radius 2 is 2.25 bits per heavy atom. The molecule has 2 aliphatic rings. The Morgan fingerprint density at radius 3 is 2.75 bits per heavy atom. The van der Waals surface area contributed by atoms with Crippen molar-refractivity contribution in [1.82, 2.24) is 0 Å². The fraction of sp³-hybridized carbons (Fsp3) is 1.00. The maximum absolute atomic E-state index is 12.2. The monoisotopic (exact) mass is 172 g/mol. The second-order valence-electron chi connectivity index (χ2n) is 4.31. The molecule has 2 bridgehead atoms. The molecule has 4 atom stereocenters. The molecule has 0 saturated heterocycles. The molecule has 2 fully saturated rings. The fourth-order valence-corrected chi connectivity index (χ4v) is 2.69. The molecule has 2 rings (SSSR count). The van der Waals surface area contributed by atoms with Gasteiger partial charge in [-0.25, -0.2) is 4.39 Å². The quantitative estimate of drug-likeness (QED) is 0.635. The van der Waals surface area contributed by atoms with Gasteiger partial charge >= 0.3 is 0 Å². The maximum atomic E-state index is 12.2. The first kappa shape index (κ1) is 8.49. The minimum absolute atomic E-state index is 0.186. The molecule has 0 aliphatic heterocycles. The lowest BCUT2D eigenvalue weighted by atomic mass is 9.97. The molecule has 0 aromatic heterocycles. The van der Waals surface area contributed by atoms with E-state index in [0.717, 1.165) is 11.8 Å². The van der Waals surface area contributed by atoms with Crippen molar-refractivity contribution in [3.05, 3.63) is 0 Å². The predicted octanol–water partition coefficient (Wildman–Crippen LogP) is 2.55. The maximum Gasteiger partial charge on any atom is 0.115 e. The van der Waals surface area contributed by atoms with Crippen LogP contribution in [0.3, 0.4) is 0 Å². The topological polar surface area (TPSA) is 9.23 Å². The van der Waals surface area contributed by atoms with E-state index in [-0.39, 0.29) is 12.8 Å². The first-order chi connectivity index (χ1) is 5.79. The van der Waals surface area contributed by atoms with Gasteiger partial charge in [-0.1, -0.05) is 0 Å². The Balaban J connectivity index is 1.82. The van der Waals surface area contributed by atoms with Crippen molar-refractivity contribution in [2.45, 2.75) is 44.8 Å². The van der Waals surface area contributed by atoms with Crippen LogP contribution >= 0.6 is 0 Å². The molecule has 0 heterocycles. The van der Waals surface area contributed by atoms with Crippen LogP contribution in [-0.2, 0) is 4.74 Å². The Morgan fingerprint density at radius 1 is 1.42 bits per heavy atom. The third-order valence-electron chi connectivity index (χ3n) is 3.30. The molecule has 2 heteroatoms. The zero-order chi connectivity index (χ0) is 8.55. The minimum Gasteiger partial charge on any atom is -0.372 e. The van der Waals surface area contributed by atoms with Crippen LogP contribution in [0.2, 0.25) is 0 Å². The molecule has 1 nitrogen and oxygen atoms in total. The summed E-state index contributed by atoms with van der Waals surface area (Å²) in [7, 11) is 0. The van der Waals surface area contributed by atoms with Gasteiger partial charge < -0.3 is 4.74 Å². The van der Waals surface area contributed by atoms with Crippen LogP contribution in [-0.4, -0.2) is 18.9 Å². The molecule has 0 aromatic carbocycles. The molecule has 2 aliphatic carbocycles. The third kappa shape index (κ3) is 1.49. The molecular weight excluding hydrogens is 155 g/mol. The van der Waals surface area contributed by atoms with E-state index in [4.69, 9.17) is 4.74 Å². The predicted molar refractivity (Wildman–Crippen MR) is 45.8 cm³/mol. The van der Waals surface area contributed by atoms with Crippen LogP contribution in [0.1, 0.15) is 32.6 Å². The van der Waals surface area contributed by atoms with Gasteiger partial charge in [0.2, 0.25) is 0 Å². The number of alkyl halides is 1. The highest BCUT2D eigenvalue weighted by atomic mass is 19.1. The van der Waals surface area contributed by atoms with E-state index in [1.165, 1.54) is 25.7 Å². The summed E-state index contributed by atoms with van der Waals surface area (Å²) in [5.74, 6) is 1.65. The Hall–Kier alpha value is -0.110. The van der Waals surface area contributed by atoms with Crippen LogP contribution in [0, 0.1) is 11.8 Å². The molecule has 70 valence electrons. The van der Waals surface area contributed by atoms with Crippen molar-refractivity contribution in [1.29, 1.82) is 0 Å². The molecule has 4 unspecified atom stereocenters. The van der Waals surface area contributed by atoms with E-state index >= 15 is 0 Å². The summed E-state index contributed by atoms with van der Waals surface area (Å²) in [5, 5.41) is 0. The van der Waals surface area contributed by atoms with Gasteiger partial charge in [-0.3, -0.25) is 0 Å². The lowest BCUT2D eigenvalue weighted by Crippen LogP contribution is -2.26. The Labute approximate surface area is 73.3 Å². The number of fused-ring (bicyclic) bond motifs is 2. The first-order valence-electron chi connectivity index (χ1n) is 5.01. The third-order valence-corrected chi connectivity index (χ3v) is 3.30. The van der Waals surface area contributed by atoms with Gasteiger partial charge in [-0.2, -0.15) is 0 Å². The molecule has 12 heavy (non-hydrogen) atoms. The first-order valence-corrected chi connectivity index (χ1v) is 5.01. The number of ether oxygens (including phenoxy) is 1. The highest BCUT2D eigenvalue weighted by Gasteiger charge is 2.40. The minimum atomic E-state index is -0.339. The molecular formula is C10H17FO. The van der Waals surface area contributed by atoms with Gasteiger partial charge in [0.25, 0.3) is 0 Å². The van der Waals surface area contributed by atoms with Crippen molar-refractivity contribution >= 4 is 0 Å². The summed E-state index contributed by atoms with van der Waals surface area (Å²) in [4.78, 5) is 0. The van der Waals surface area contributed by atoms with E-state index in [1.54, 1.807) is 0 Å². The standard InChI is InChI=1S/C10H17FO/c1-7(6-11)12-10-5-8-2-3-9(10)4-8/h7-10H,2-6H2,1H3. The number of hydrogen-bond acceptors (Lipinski definition) is 1. The van der Waals surface area contributed by atoms with Gasteiger partial charge in [0.1, 0.15) is 6.67 Å². The summed E-state index contributed by atoms with van der Waals surface area (Å²) in [5.41, 5.74) is 0. The summed E-state index contributed by atoms with van der Waals surface area (Å²) >= 11 is 0. The van der Waals surface area contributed by atoms with Crippen LogP contribution in [0.5, 0.6) is 0 Å². The number of rotatable bonds is 3. The Kier molecular flexibility index (Phi) is 2.35. The van der Waals surface area contributed by atoms with E-state index in [9.17, 15) is 4.39 Å². The second-order valence-corrected chi connectivity index (χ2v) is 4.31. The van der Waals surface area contributed by atoms with Gasteiger partial charge in [0.05, 0.1) is 12.2 Å². The smallest absolute Gasteiger partial charge is 0.115 e. The molecule has 0 aromatic rings. The average Bonchev–Trinajstić information content (AvgIpc) is 2.64. The highest BCUT2D eigenvalue weighted by Crippen LogP contribution is 2.46. The Bertz CT molecular complexity index is 160. The summed E-state index contributed by atoms with van der Waals surface area (Å²) in [6, 6.07) is 0. The second kappa shape index (κ2) is 3.33. The molecule has 2 saturated carbocycles. The summed E-state index contributed by atoms with van der Waals surface area (Å²) in [6.45, 7) is 1.49. The van der Waals surface area contributed by atoms with Crippen molar-refractivity contribution < 1.29 is 9.13 Å². The van der Waals surface area contributed by atoms with Gasteiger partial charge in [-0.15, -0.1) is 0 Å².